The molecule has 4 nitrogen and oxygen atoms in total. The number of hydrogen-bond acceptors (Lipinski definition) is 3. The molecule has 2 N–H and O–H groups in total. The summed E-state index contributed by atoms with van der Waals surface area (Å²) in [4.78, 5) is 22.3. The predicted octanol–water partition coefficient (Wildman–Crippen LogP) is 1.74. The van der Waals surface area contributed by atoms with Crippen LogP contribution in [0.3, 0.4) is 0 Å². The largest absolute Gasteiger partial charge is 0.480 e. The number of carboxylic acid groups (broad SMARTS) is 1. The van der Waals surface area contributed by atoms with Gasteiger partial charge in [0, 0.05) is 6.04 Å². The lowest BCUT2D eigenvalue weighted by atomic mass is 10.1. The predicted molar refractivity (Wildman–Crippen MR) is 66.6 cm³/mol. The lowest BCUT2D eigenvalue weighted by Gasteiger charge is -2.16. The van der Waals surface area contributed by atoms with Gasteiger partial charge < -0.3 is 10.4 Å². The molecule has 0 spiro atoms. The maximum absolute atomic E-state index is 11.4. The summed E-state index contributed by atoms with van der Waals surface area (Å²) in [6.45, 7) is 7.61. The minimum absolute atomic E-state index is 0.0268. The Labute approximate surface area is 101 Å². The lowest BCUT2D eigenvalue weighted by molar-refractivity contribution is -0.137. The Hall–Kier alpha value is -0.710. The highest BCUT2D eigenvalue weighted by Gasteiger charge is 2.22. The van der Waals surface area contributed by atoms with Gasteiger partial charge in [-0.15, -0.1) is 11.8 Å². The third-order valence-electron chi connectivity index (χ3n) is 2.26. The molecule has 0 aromatic heterocycles. The molecule has 1 amide bonds. The van der Waals surface area contributed by atoms with Crippen molar-refractivity contribution in [2.75, 3.05) is 5.75 Å². The highest BCUT2D eigenvalue weighted by atomic mass is 32.2. The number of aliphatic carboxylic acids is 1. The van der Waals surface area contributed by atoms with Crippen LogP contribution in [-0.2, 0) is 9.59 Å². The minimum atomic E-state index is -0.851. The molecule has 0 aliphatic heterocycles. The Bertz CT molecular complexity index is 243. The summed E-state index contributed by atoms with van der Waals surface area (Å²) in [6.07, 6.45) is 0.878. The van der Waals surface area contributed by atoms with Crippen molar-refractivity contribution in [3.05, 3.63) is 0 Å². The van der Waals surface area contributed by atoms with E-state index in [0.29, 0.717) is 0 Å². The average molecular weight is 247 g/mol. The van der Waals surface area contributed by atoms with Gasteiger partial charge in [0.25, 0.3) is 0 Å². The van der Waals surface area contributed by atoms with Crippen LogP contribution in [0.4, 0.5) is 0 Å². The van der Waals surface area contributed by atoms with Crippen LogP contribution < -0.4 is 5.32 Å². The summed E-state index contributed by atoms with van der Waals surface area (Å²) in [7, 11) is 0. The van der Waals surface area contributed by atoms with Crippen LogP contribution in [0.1, 0.15) is 34.1 Å². The highest BCUT2D eigenvalue weighted by molar-refractivity contribution is 8.01. The fourth-order valence-corrected chi connectivity index (χ4v) is 2.07. The number of carbonyl (C=O) groups is 2. The van der Waals surface area contributed by atoms with E-state index in [1.54, 1.807) is 0 Å². The molecule has 2 atom stereocenters. The van der Waals surface area contributed by atoms with E-state index in [9.17, 15) is 9.59 Å². The van der Waals surface area contributed by atoms with E-state index in [1.807, 2.05) is 27.7 Å². The molecule has 94 valence electrons. The van der Waals surface area contributed by atoms with Crippen LogP contribution in [0, 0.1) is 5.92 Å². The summed E-state index contributed by atoms with van der Waals surface area (Å²) in [6, 6.07) is 0.149. The van der Waals surface area contributed by atoms with Gasteiger partial charge in [-0.2, -0.15) is 0 Å². The van der Waals surface area contributed by atoms with Crippen LogP contribution in [0.15, 0.2) is 0 Å². The molecule has 16 heavy (non-hydrogen) atoms. The second-order valence-electron chi connectivity index (χ2n) is 4.19. The Balaban J connectivity index is 4.02. The van der Waals surface area contributed by atoms with Crippen LogP contribution >= 0.6 is 11.8 Å². The Morgan fingerprint density at radius 1 is 1.31 bits per heavy atom. The van der Waals surface area contributed by atoms with Crippen molar-refractivity contribution >= 4 is 23.6 Å². The quantitative estimate of drug-likeness (QED) is 0.719. The van der Waals surface area contributed by atoms with Gasteiger partial charge in [0.2, 0.25) is 5.91 Å². The molecule has 0 bridgehead atoms. The topological polar surface area (TPSA) is 66.4 Å². The zero-order chi connectivity index (χ0) is 12.7. The van der Waals surface area contributed by atoms with Crippen molar-refractivity contribution in [3.63, 3.8) is 0 Å². The van der Waals surface area contributed by atoms with E-state index in [-0.39, 0.29) is 23.6 Å². The highest BCUT2D eigenvalue weighted by Crippen LogP contribution is 2.19. The maximum Gasteiger partial charge on any atom is 0.316 e. The molecule has 0 aliphatic carbocycles. The van der Waals surface area contributed by atoms with Crippen molar-refractivity contribution in [2.45, 2.75) is 45.4 Å². The van der Waals surface area contributed by atoms with Gasteiger partial charge in [0.05, 0.1) is 5.75 Å². The van der Waals surface area contributed by atoms with E-state index in [0.717, 1.165) is 6.42 Å². The zero-order valence-electron chi connectivity index (χ0n) is 10.3. The number of carbonyl (C=O) groups excluding carboxylic acids is 1. The first-order chi connectivity index (χ1) is 7.38. The fraction of sp³-hybridized carbons (Fsp3) is 0.818. The Morgan fingerprint density at radius 3 is 2.25 bits per heavy atom. The average Bonchev–Trinajstić information content (AvgIpc) is 2.16. The van der Waals surface area contributed by atoms with E-state index in [4.69, 9.17) is 5.11 Å². The Kier molecular flexibility index (Phi) is 7.21. The van der Waals surface area contributed by atoms with Crippen molar-refractivity contribution in [2.24, 2.45) is 5.92 Å². The smallest absolute Gasteiger partial charge is 0.316 e. The molecular weight excluding hydrogens is 226 g/mol. The standard InChI is InChI=1S/C11H21NO3S/c1-5-8(4)12-9(13)6-16-10(7(2)3)11(14)15/h7-8,10H,5-6H2,1-4H3,(H,12,13)(H,14,15). The zero-order valence-corrected chi connectivity index (χ0v) is 11.1. The van der Waals surface area contributed by atoms with Gasteiger partial charge in [-0.05, 0) is 19.3 Å². The third kappa shape index (κ3) is 6.00. The van der Waals surface area contributed by atoms with Crippen molar-refractivity contribution in [1.82, 2.24) is 5.32 Å². The number of thioether (sulfide) groups is 1. The van der Waals surface area contributed by atoms with E-state index in [2.05, 4.69) is 5.32 Å². The number of amides is 1. The minimum Gasteiger partial charge on any atom is -0.480 e. The second kappa shape index (κ2) is 7.54. The summed E-state index contributed by atoms with van der Waals surface area (Å²) in [5.41, 5.74) is 0. The molecule has 0 fully saturated rings. The van der Waals surface area contributed by atoms with E-state index >= 15 is 0 Å². The first kappa shape index (κ1) is 15.3. The van der Waals surface area contributed by atoms with Gasteiger partial charge in [-0.25, -0.2) is 0 Å². The van der Waals surface area contributed by atoms with E-state index in [1.165, 1.54) is 11.8 Å². The summed E-state index contributed by atoms with van der Waals surface area (Å²) < 4.78 is 0. The normalized spacial score (nSPS) is 14.6. The first-order valence-corrected chi connectivity index (χ1v) is 6.57. The molecule has 2 unspecified atom stereocenters. The monoisotopic (exact) mass is 247 g/mol. The van der Waals surface area contributed by atoms with Gasteiger partial charge in [0.1, 0.15) is 5.25 Å². The molecule has 0 rings (SSSR count). The SMILES string of the molecule is CCC(C)NC(=O)CSC(C(=O)O)C(C)C. The molecule has 0 radical (unpaired) electrons. The summed E-state index contributed by atoms with van der Waals surface area (Å²) >= 11 is 1.19. The molecule has 5 heteroatoms. The molecule has 0 saturated heterocycles. The first-order valence-electron chi connectivity index (χ1n) is 5.52. The van der Waals surface area contributed by atoms with Gasteiger partial charge >= 0.3 is 5.97 Å². The van der Waals surface area contributed by atoms with Gasteiger partial charge in [0.15, 0.2) is 0 Å². The van der Waals surface area contributed by atoms with Gasteiger partial charge in [-0.3, -0.25) is 9.59 Å². The lowest BCUT2D eigenvalue weighted by Crippen LogP contribution is -2.34. The Morgan fingerprint density at radius 2 is 1.88 bits per heavy atom. The van der Waals surface area contributed by atoms with Crippen molar-refractivity contribution in [3.8, 4) is 0 Å². The fourth-order valence-electron chi connectivity index (χ4n) is 1.13. The molecular formula is C11H21NO3S. The number of nitrogens with one attached hydrogen (secondary N) is 1. The number of carboxylic acids is 1. The maximum atomic E-state index is 11.4. The molecule has 0 aromatic carbocycles. The molecule has 0 heterocycles. The number of hydrogen-bond donors (Lipinski definition) is 2. The molecule has 0 aliphatic rings. The summed E-state index contributed by atoms with van der Waals surface area (Å²) in [5.74, 6) is -0.707. The second-order valence-corrected chi connectivity index (χ2v) is 5.32. The van der Waals surface area contributed by atoms with Crippen LogP contribution in [-0.4, -0.2) is 34.0 Å². The summed E-state index contributed by atoms with van der Waals surface area (Å²) in [5, 5.41) is 11.2. The van der Waals surface area contributed by atoms with Crippen molar-refractivity contribution < 1.29 is 14.7 Å². The van der Waals surface area contributed by atoms with Crippen molar-refractivity contribution in [1.29, 1.82) is 0 Å². The van der Waals surface area contributed by atoms with Crippen LogP contribution in [0.5, 0.6) is 0 Å². The molecule has 0 saturated carbocycles. The van der Waals surface area contributed by atoms with Gasteiger partial charge in [-0.1, -0.05) is 20.8 Å². The number of rotatable bonds is 7. The molecule has 0 aromatic rings. The van der Waals surface area contributed by atoms with Crippen LogP contribution in [0.25, 0.3) is 0 Å². The van der Waals surface area contributed by atoms with E-state index < -0.39 is 11.2 Å². The van der Waals surface area contributed by atoms with Crippen LogP contribution in [0.2, 0.25) is 0 Å². The third-order valence-corrected chi connectivity index (χ3v) is 3.80.